The monoisotopic (exact) mass is 295 g/mol. The van der Waals surface area contributed by atoms with Crippen LogP contribution in [0.2, 0.25) is 0 Å². The second kappa shape index (κ2) is 5.82. The van der Waals surface area contributed by atoms with Crippen molar-refractivity contribution in [1.29, 1.82) is 0 Å². The normalized spacial score (nSPS) is 10.5. The van der Waals surface area contributed by atoms with E-state index in [4.69, 9.17) is 4.74 Å². The van der Waals surface area contributed by atoms with Crippen LogP contribution in [-0.2, 0) is 11.9 Å². The second-order valence-electron chi connectivity index (χ2n) is 3.72. The number of halogens is 1. The summed E-state index contributed by atoms with van der Waals surface area (Å²) in [5.41, 5.74) is 2.08. The van der Waals surface area contributed by atoms with Crippen molar-refractivity contribution in [2.45, 2.75) is 18.8 Å². The smallest absolute Gasteiger partial charge is 0.122 e. The van der Waals surface area contributed by atoms with Gasteiger partial charge in [-0.05, 0) is 18.6 Å². The number of nitrogens with zero attached hydrogens (tertiary/aromatic N) is 3. The molecular weight excluding hydrogens is 282 g/mol. The first-order valence-electron chi connectivity index (χ1n) is 5.43. The van der Waals surface area contributed by atoms with Crippen LogP contribution < -0.4 is 4.74 Å². The Morgan fingerprint density at radius 2 is 2.18 bits per heavy atom. The van der Waals surface area contributed by atoms with Gasteiger partial charge < -0.3 is 4.74 Å². The van der Waals surface area contributed by atoms with E-state index in [-0.39, 0.29) is 0 Å². The second-order valence-corrected chi connectivity index (χ2v) is 4.28. The molecule has 0 atom stereocenters. The van der Waals surface area contributed by atoms with Crippen molar-refractivity contribution >= 4 is 15.9 Å². The summed E-state index contributed by atoms with van der Waals surface area (Å²) in [4.78, 5) is 0. The maximum Gasteiger partial charge on any atom is 0.122 e. The number of aryl methyl sites for hydroxylation is 1. The highest BCUT2D eigenvalue weighted by Crippen LogP contribution is 2.15. The molecule has 0 aliphatic rings. The van der Waals surface area contributed by atoms with Gasteiger partial charge in [-0.2, -0.15) is 0 Å². The average Bonchev–Trinajstić information content (AvgIpc) is 2.80. The van der Waals surface area contributed by atoms with Crippen LogP contribution in [0, 0.1) is 6.92 Å². The van der Waals surface area contributed by atoms with E-state index in [0.29, 0.717) is 13.2 Å². The molecule has 5 heteroatoms. The summed E-state index contributed by atoms with van der Waals surface area (Å²) in [5, 5.41) is 8.71. The SMILES string of the molecule is Cc1ccccc1OCCn1cc(CBr)nn1. The summed E-state index contributed by atoms with van der Waals surface area (Å²) >= 11 is 3.34. The van der Waals surface area contributed by atoms with Gasteiger partial charge in [0.15, 0.2) is 0 Å². The zero-order valence-corrected chi connectivity index (χ0v) is 11.2. The van der Waals surface area contributed by atoms with Gasteiger partial charge in [0.2, 0.25) is 0 Å². The fourth-order valence-electron chi connectivity index (χ4n) is 1.48. The molecular formula is C12H14BrN3O. The molecule has 90 valence electrons. The molecule has 1 aromatic carbocycles. The number of aromatic nitrogens is 3. The standard InChI is InChI=1S/C12H14BrN3O/c1-10-4-2-3-5-12(10)17-7-6-16-9-11(8-13)14-15-16/h2-5,9H,6-8H2,1H3. The fraction of sp³-hybridized carbons (Fsp3) is 0.333. The van der Waals surface area contributed by atoms with E-state index < -0.39 is 0 Å². The number of hydrogen-bond acceptors (Lipinski definition) is 3. The zero-order valence-electron chi connectivity index (χ0n) is 9.64. The summed E-state index contributed by atoms with van der Waals surface area (Å²) in [7, 11) is 0. The summed E-state index contributed by atoms with van der Waals surface area (Å²) in [5.74, 6) is 0.924. The molecule has 0 N–H and O–H groups in total. The first kappa shape index (κ1) is 12.1. The maximum absolute atomic E-state index is 5.68. The topological polar surface area (TPSA) is 39.9 Å². The van der Waals surface area contributed by atoms with Crippen LogP contribution in [0.4, 0.5) is 0 Å². The molecule has 17 heavy (non-hydrogen) atoms. The van der Waals surface area contributed by atoms with E-state index in [1.165, 1.54) is 0 Å². The molecule has 0 fully saturated rings. The lowest BCUT2D eigenvalue weighted by Crippen LogP contribution is -2.09. The molecule has 0 amide bonds. The van der Waals surface area contributed by atoms with Crippen LogP contribution in [0.15, 0.2) is 30.5 Å². The first-order valence-corrected chi connectivity index (χ1v) is 6.55. The Kier molecular flexibility index (Phi) is 4.14. The molecule has 1 heterocycles. The van der Waals surface area contributed by atoms with Crippen molar-refractivity contribution in [2.24, 2.45) is 0 Å². The minimum Gasteiger partial charge on any atom is -0.491 e. The molecule has 1 aromatic heterocycles. The first-order chi connectivity index (χ1) is 8.29. The third-order valence-electron chi connectivity index (χ3n) is 2.39. The van der Waals surface area contributed by atoms with Gasteiger partial charge in [0.1, 0.15) is 12.4 Å². The van der Waals surface area contributed by atoms with Crippen molar-refractivity contribution < 1.29 is 4.74 Å². The average molecular weight is 296 g/mol. The fourth-order valence-corrected chi connectivity index (χ4v) is 1.73. The summed E-state index contributed by atoms with van der Waals surface area (Å²) in [6.45, 7) is 3.33. The largest absolute Gasteiger partial charge is 0.491 e. The molecule has 2 rings (SSSR count). The molecule has 4 nitrogen and oxygen atoms in total. The number of benzene rings is 1. The van der Waals surface area contributed by atoms with Crippen LogP contribution in [0.3, 0.4) is 0 Å². The van der Waals surface area contributed by atoms with E-state index in [1.807, 2.05) is 37.4 Å². The van der Waals surface area contributed by atoms with Crippen LogP contribution >= 0.6 is 15.9 Å². The molecule has 0 bridgehead atoms. The van der Waals surface area contributed by atoms with Crippen LogP contribution in [0.1, 0.15) is 11.3 Å². The molecule has 0 spiro atoms. The van der Waals surface area contributed by atoms with Crippen molar-refractivity contribution in [1.82, 2.24) is 15.0 Å². The Labute approximate surface area is 109 Å². The Hall–Kier alpha value is -1.36. The molecule has 0 saturated carbocycles. The van der Waals surface area contributed by atoms with Gasteiger partial charge in [0, 0.05) is 11.5 Å². The number of rotatable bonds is 5. The molecule has 2 aromatic rings. The van der Waals surface area contributed by atoms with Crippen molar-refractivity contribution in [2.75, 3.05) is 6.61 Å². The van der Waals surface area contributed by atoms with Gasteiger partial charge in [-0.3, -0.25) is 0 Å². The number of ether oxygens (including phenoxy) is 1. The third-order valence-corrected chi connectivity index (χ3v) is 2.97. The van der Waals surface area contributed by atoms with Gasteiger partial charge >= 0.3 is 0 Å². The summed E-state index contributed by atoms with van der Waals surface area (Å²) in [6, 6.07) is 7.98. The highest BCUT2D eigenvalue weighted by atomic mass is 79.9. The van der Waals surface area contributed by atoms with E-state index in [2.05, 4.69) is 26.2 Å². The van der Waals surface area contributed by atoms with Gasteiger partial charge in [0.25, 0.3) is 0 Å². The highest BCUT2D eigenvalue weighted by molar-refractivity contribution is 9.08. The van der Waals surface area contributed by atoms with Gasteiger partial charge in [-0.1, -0.05) is 39.3 Å². The van der Waals surface area contributed by atoms with Crippen molar-refractivity contribution in [3.8, 4) is 5.75 Å². The lowest BCUT2D eigenvalue weighted by Gasteiger charge is -2.08. The number of alkyl halides is 1. The Morgan fingerprint density at radius 3 is 2.88 bits per heavy atom. The van der Waals surface area contributed by atoms with Gasteiger partial charge in [-0.25, -0.2) is 4.68 Å². The lowest BCUT2D eigenvalue weighted by molar-refractivity contribution is 0.288. The van der Waals surface area contributed by atoms with Crippen LogP contribution in [0.25, 0.3) is 0 Å². The molecule has 0 unspecified atom stereocenters. The minimum atomic E-state index is 0.593. The van der Waals surface area contributed by atoms with Gasteiger partial charge in [0.05, 0.1) is 12.2 Å². The Bertz CT molecular complexity index is 484. The molecule has 0 aliphatic heterocycles. The number of hydrogen-bond donors (Lipinski definition) is 0. The number of para-hydroxylation sites is 1. The summed E-state index contributed by atoms with van der Waals surface area (Å²) < 4.78 is 7.47. The maximum atomic E-state index is 5.68. The van der Waals surface area contributed by atoms with Crippen molar-refractivity contribution in [3.05, 3.63) is 41.7 Å². The third kappa shape index (κ3) is 3.30. The van der Waals surface area contributed by atoms with E-state index >= 15 is 0 Å². The van der Waals surface area contributed by atoms with E-state index in [0.717, 1.165) is 22.3 Å². The lowest BCUT2D eigenvalue weighted by atomic mass is 10.2. The quantitative estimate of drug-likeness (QED) is 0.796. The predicted octanol–water partition coefficient (Wildman–Crippen LogP) is 2.56. The Balaban J connectivity index is 1.85. The van der Waals surface area contributed by atoms with E-state index in [1.54, 1.807) is 4.68 Å². The van der Waals surface area contributed by atoms with Crippen LogP contribution in [-0.4, -0.2) is 21.6 Å². The molecule has 0 saturated heterocycles. The predicted molar refractivity (Wildman–Crippen MR) is 69.3 cm³/mol. The van der Waals surface area contributed by atoms with Crippen molar-refractivity contribution in [3.63, 3.8) is 0 Å². The molecule has 0 aliphatic carbocycles. The van der Waals surface area contributed by atoms with Gasteiger partial charge in [-0.15, -0.1) is 5.10 Å². The van der Waals surface area contributed by atoms with Crippen LogP contribution in [0.5, 0.6) is 5.75 Å². The van der Waals surface area contributed by atoms with E-state index in [9.17, 15) is 0 Å². The Morgan fingerprint density at radius 1 is 1.35 bits per heavy atom. The molecule has 0 radical (unpaired) electrons. The highest BCUT2D eigenvalue weighted by Gasteiger charge is 2.00. The zero-order chi connectivity index (χ0) is 12.1. The minimum absolute atomic E-state index is 0.593. The summed E-state index contributed by atoms with van der Waals surface area (Å²) in [6.07, 6.45) is 1.91.